The van der Waals surface area contributed by atoms with Gasteiger partial charge in [0.1, 0.15) is 16.8 Å². The van der Waals surface area contributed by atoms with Crippen molar-refractivity contribution >= 4 is 31.6 Å². The Labute approximate surface area is 177 Å². The van der Waals surface area contributed by atoms with Crippen LogP contribution in [-0.2, 0) is 20.0 Å². The first kappa shape index (κ1) is 22.0. The molecule has 0 radical (unpaired) electrons. The van der Waals surface area contributed by atoms with E-state index in [1.165, 1.54) is 41.8 Å². The van der Waals surface area contributed by atoms with E-state index in [-0.39, 0.29) is 34.7 Å². The van der Waals surface area contributed by atoms with Crippen LogP contribution >= 0.6 is 0 Å². The first-order valence-electron chi connectivity index (χ1n) is 9.13. The Morgan fingerprint density at radius 1 is 1.07 bits per heavy atom. The molecule has 2 aromatic rings. The van der Waals surface area contributed by atoms with Gasteiger partial charge in [-0.1, -0.05) is 5.92 Å². The molecular formula is C19H23N5O4S2. The first-order valence-corrected chi connectivity index (χ1v) is 12.1. The van der Waals surface area contributed by atoms with E-state index in [0.717, 1.165) is 5.69 Å². The van der Waals surface area contributed by atoms with Crippen LogP contribution in [0.3, 0.4) is 0 Å². The molecule has 11 heteroatoms. The second-order valence-electron chi connectivity index (χ2n) is 6.59. The number of nitrogens with zero attached hydrogens (tertiary/aromatic N) is 3. The molecule has 0 amide bonds. The van der Waals surface area contributed by atoms with Gasteiger partial charge >= 0.3 is 0 Å². The van der Waals surface area contributed by atoms with Gasteiger partial charge in [-0.3, -0.25) is 0 Å². The summed E-state index contributed by atoms with van der Waals surface area (Å²) in [5.74, 6) is 6.16. The summed E-state index contributed by atoms with van der Waals surface area (Å²) in [5, 5.41) is 0. The summed E-state index contributed by atoms with van der Waals surface area (Å²) in [5.41, 5.74) is 6.32. The number of piperazine rings is 1. The van der Waals surface area contributed by atoms with E-state index in [0.29, 0.717) is 6.54 Å². The third-order valence-electron chi connectivity index (χ3n) is 4.80. The Morgan fingerprint density at radius 3 is 2.30 bits per heavy atom. The van der Waals surface area contributed by atoms with Gasteiger partial charge in [-0.2, -0.15) is 4.31 Å². The molecule has 0 saturated carbocycles. The third kappa shape index (κ3) is 4.41. The molecule has 9 nitrogen and oxygen atoms in total. The Hall–Kier alpha value is -2.65. The highest BCUT2D eigenvalue weighted by atomic mass is 32.2. The summed E-state index contributed by atoms with van der Waals surface area (Å²) in [6.07, 6.45) is 1.25. The fraction of sp³-hybridized carbons (Fsp3) is 0.316. The van der Waals surface area contributed by atoms with Crippen molar-refractivity contribution < 1.29 is 16.8 Å². The number of anilines is 2. The molecule has 1 aromatic carbocycles. The predicted octanol–water partition coefficient (Wildman–Crippen LogP) is 0.475. The molecule has 2 heterocycles. The molecule has 0 bridgehead atoms. The quantitative estimate of drug-likeness (QED) is 0.636. The second kappa shape index (κ2) is 8.61. The molecule has 1 aliphatic heterocycles. The number of nitrogens with two attached hydrogens (primary N) is 1. The summed E-state index contributed by atoms with van der Waals surface area (Å²) < 4.78 is 53.5. The molecule has 30 heavy (non-hydrogen) atoms. The highest BCUT2D eigenvalue weighted by molar-refractivity contribution is 7.89. The van der Waals surface area contributed by atoms with Gasteiger partial charge in [0, 0.05) is 31.5 Å². The highest BCUT2D eigenvalue weighted by Crippen LogP contribution is 2.25. The molecule has 1 unspecified atom stereocenters. The molecule has 1 fully saturated rings. The van der Waals surface area contributed by atoms with Crippen LogP contribution < -0.4 is 15.4 Å². The van der Waals surface area contributed by atoms with Crippen molar-refractivity contribution in [2.24, 2.45) is 0 Å². The van der Waals surface area contributed by atoms with E-state index in [2.05, 4.69) is 21.5 Å². The molecule has 1 saturated heterocycles. The van der Waals surface area contributed by atoms with Gasteiger partial charge in [0.25, 0.3) is 0 Å². The zero-order valence-corrected chi connectivity index (χ0v) is 18.2. The van der Waals surface area contributed by atoms with Gasteiger partial charge in [-0.05, 0) is 50.4 Å². The average Bonchev–Trinajstić information content (AvgIpc) is 2.74. The Morgan fingerprint density at radius 2 is 1.73 bits per heavy atom. The van der Waals surface area contributed by atoms with Crippen molar-refractivity contribution in [3.05, 3.63) is 42.6 Å². The van der Waals surface area contributed by atoms with E-state index in [1.54, 1.807) is 19.1 Å². The normalized spacial score (nSPS) is 17.9. The zero-order chi connectivity index (χ0) is 21.9. The van der Waals surface area contributed by atoms with Crippen LogP contribution in [0.5, 0.6) is 0 Å². The number of nitrogen functional groups attached to an aromatic ring is 1. The maximum atomic E-state index is 13.0. The fourth-order valence-corrected chi connectivity index (χ4v) is 5.32. The molecule has 0 aliphatic carbocycles. The van der Waals surface area contributed by atoms with Gasteiger partial charge < -0.3 is 10.6 Å². The van der Waals surface area contributed by atoms with E-state index < -0.39 is 20.0 Å². The number of nitrogens with one attached hydrogen (secondary N) is 1. The third-order valence-corrected chi connectivity index (χ3v) is 8.08. The summed E-state index contributed by atoms with van der Waals surface area (Å²) in [4.78, 5) is 6.08. The number of hydrogen-bond acceptors (Lipinski definition) is 7. The van der Waals surface area contributed by atoms with Gasteiger partial charge in [0.15, 0.2) is 0 Å². The van der Waals surface area contributed by atoms with E-state index in [4.69, 9.17) is 5.73 Å². The van der Waals surface area contributed by atoms with Crippen LogP contribution in [0.1, 0.15) is 6.92 Å². The number of pyridine rings is 1. The van der Waals surface area contributed by atoms with Crippen molar-refractivity contribution in [1.82, 2.24) is 14.0 Å². The molecule has 160 valence electrons. The average molecular weight is 450 g/mol. The largest absolute Gasteiger partial charge is 0.384 e. The smallest absolute Gasteiger partial charge is 0.244 e. The molecule has 0 spiro atoms. The SMILES string of the molecule is CC#CC1CN(S(=O)(=O)c2ccc(N)nc2)CCN1c1ccc(S(=O)(=O)NC)cc1. The van der Waals surface area contributed by atoms with E-state index in [1.807, 2.05) is 4.90 Å². The Kier molecular flexibility index (Phi) is 6.33. The molecule has 3 N–H and O–H groups in total. The first-order chi connectivity index (χ1) is 14.2. The highest BCUT2D eigenvalue weighted by Gasteiger charge is 2.34. The topological polar surface area (TPSA) is 126 Å². The summed E-state index contributed by atoms with van der Waals surface area (Å²) in [6, 6.07) is 8.93. The number of benzene rings is 1. The van der Waals surface area contributed by atoms with Gasteiger partial charge in [-0.25, -0.2) is 26.5 Å². The number of hydrogen-bond donors (Lipinski definition) is 2. The van der Waals surface area contributed by atoms with E-state index in [9.17, 15) is 16.8 Å². The molecule has 1 aliphatic rings. The number of rotatable bonds is 5. The summed E-state index contributed by atoms with van der Waals surface area (Å²) in [7, 11) is -5.91. The second-order valence-corrected chi connectivity index (χ2v) is 10.4. The van der Waals surface area contributed by atoms with Gasteiger partial charge in [-0.15, -0.1) is 5.92 Å². The molecular weight excluding hydrogens is 426 g/mol. The Bertz CT molecular complexity index is 1170. The van der Waals surface area contributed by atoms with Crippen LogP contribution in [0, 0.1) is 11.8 Å². The van der Waals surface area contributed by atoms with Crippen molar-refractivity contribution in [3.8, 4) is 11.8 Å². The van der Waals surface area contributed by atoms with Crippen molar-refractivity contribution in [1.29, 1.82) is 0 Å². The van der Waals surface area contributed by atoms with E-state index >= 15 is 0 Å². The minimum absolute atomic E-state index is 0.0787. The van der Waals surface area contributed by atoms with Crippen LogP contribution in [-0.4, -0.2) is 58.8 Å². The van der Waals surface area contributed by atoms with Crippen LogP contribution in [0.15, 0.2) is 52.4 Å². The lowest BCUT2D eigenvalue weighted by Crippen LogP contribution is -2.54. The van der Waals surface area contributed by atoms with Crippen molar-refractivity contribution in [2.45, 2.75) is 22.8 Å². The lowest BCUT2D eigenvalue weighted by molar-refractivity contribution is 0.360. The van der Waals surface area contributed by atoms with Gasteiger partial charge in [0.2, 0.25) is 20.0 Å². The van der Waals surface area contributed by atoms with Crippen LogP contribution in [0.4, 0.5) is 11.5 Å². The molecule has 1 aromatic heterocycles. The minimum atomic E-state index is -3.73. The maximum absolute atomic E-state index is 13.0. The monoisotopic (exact) mass is 449 g/mol. The molecule has 3 rings (SSSR count). The zero-order valence-electron chi connectivity index (χ0n) is 16.6. The van der Waals surface area contributed by atoms with Crippen molar-refractivity contribution in [2.75, 3.05) is 37.3 Å². The molecule has 1 atom stereocenters. The summed E-state index contributed by atoms with van der Waals surface area (Å²) >= 11 is 0. The van der Waals surface area contributed by atoms with Crippen LogP contribution in [0.2, 0.25) is 0 Å². The number of aromatic nitrogens is 1. The standard InChI is InChI=1S/C19H23N5O4S2/c1-3-4-16-14-23(30(27,28)18-9-10-19(20)22-13-18)11-12-24(16)15-5-7-17(8-6-15)29(25,26)21-2/h5-10,13,16,21H,11-12,14H2,1-2H3,(H2,20,22). The maximum Gasteiger partial charge on any atom is 0.244 e. The lowest BCUT2D eigenvalue weighted by Gasteiger charge is -2.39. The minimum Gasteiger partial charge on any atom is -0.384 e. The predicted molar refractivity (Wildman–Crippen MR) is 115 cm³/mol. The van der Waals surface area contributed by atoms with Crippen LogP contribution in [0.25, 0.3) is 0 Å². The van der Waals surface area contributed by atoms with Gasteiger partial charge in [0.05, 0.1) is 4.90 Å². The lowest BCUT2D eigenvalue weighted by atomic mass is 10.1. The summed E-state index contributed by atoms with van der Waals surface area (Å²) in [6.45, 7) is 2.52. The number of sulfonamides is 2. The fourth-order valence-electron chi connectivity index (χ4n) is 3.20. The van der Waals surface area contributed by atoms with Crippen molar-refractivity contribution in [3.63, 3.8) is 0 Å². The Balaban J connectivity index is 1.85.